The van der Waals surface area contributed by atoms with Crippen molar-refractivity contribution in [3.05, 3.63) is 16.6 Å². The molecule has 1 aliphatic carbocycles. The molecule has 0 amide bonds. The van der Waals surface area contributed by atoms with Crippen molar-refractivity contribution in [3.63, 3.8) is 0 Å². The average Bonchev–Trinajstić information content (AvgIpc) is 3.04. The molecule has 0 saturated heterocycles. The van der Waals surface area contributed by atoms with Crippen molar-refractivity contribution >= 4 is 15.9 Å². The van der Waals surface area contributed by atoms with Crippen LogP contribution in [0.25, 0.3) is 0 Å². The molecule has 0 atom stereocenters. The molecule has 1 aromatic carbocycles. The van der Waals surface area contributed by atoms with Gasteiger partial charge in [0.15, 0.2) is 11.5 Å². The van der Waals surface area contributed by atoms with Gasteiger partial charge in [-0.05, 0) is 46.8 Å². The van der Waals surface area contributed by atoms with Crippen LogP contribution in [0.2, 0.25) is 0 Å². The van der Waals surface area contributed by atoms with E-state index in [0.717, 1.165) is 0 Å². The fourth-order valence-electron chi connectivity index (χ4n) is 1.31. The van der Waals surface area contributed by atoms with E-state index in [0.29, 0.717) is 28.5 Å². The summed E-state index contributed by atoms with van der Waals surface area (Å²) in [6.45, 7) is 0.653. The lowest BCUT2D eigenvalue weighted by Gasteiger charge is -2.12. The Morgan fingerprint density at radius 2 is 2.20 bits per heavy atom. The summed E-state index contributed by atoms with van der Waals surface area (Å²) in [6.07, 6.45) is 2.44. The maximum Gasteiger partial charge on any atom is 0.204 e. The smallest absolute Gasteiger partial charge is 0.204 e. The molecule has 1 N–H and O–H groups in total. The Bertz CT molecular complexity index is 361. The highest BCUT2D eigenvalue weighted by Crippen LogP contribution is 2.42. The fraction of sp³-hybridized carbons (Fsp3) is 0.455. The maximum atomic E-state index is 9.79. The van der Waals surface area contributed by atoms with Crippen LogP contribution >= 0.6 is 15.9 Å². The number of hydrogen-bond acceptors (Lipinski definition) is 3. The highest BCUT2D eigenvalue weighted by atomic mass is 79.9. The highest BCUT2D eigenvalue weighted by molar-refractivity contribution is 9.10. The number of hydrogen-bond donors (Lipinski definition) is 1. The monoisotopic (exact) mass is 272 g/mol. The third kappa shape index (κ3) is 2.37. The van der Waals surface area contributed by atoms with E-state index < -0.39 is 0 Å². The second kappa shape index (κ2) is 4.31. The van der Waals surface area contributed by atoms with Crippen molar-refractivity contribution in [2.45, 2.75) is 12.8 Å². The number of rotatable bonds is 4. The Morgan fingerprint density at radius 3 is 2.80 bits per heavy atom. The SMILES string of the molecule is COc1ccc(Br)c(O)c1OCC1CC1. The number of phenols is 1. The maximum absolute atomic E-state index is 9.79. The molecular formula is C11H13BrO3. The topological polar surface area (TPSA) is 38.7 Å². The van der Waals surface area contributed by atoms with Gasteiger partial charge >= 0.3 is 0 Å². The molecule has 0 radical (unpaired) electrons. The minimum atomic E-state index is 0.106. The molecular weight excluding hydrogens is 260 g/mol. The molecule has 1 aliphatic rings. The van der Waals surface area contributed by atoms with Gasteiger partial charge in [0.1, 0.15) is 0 Å². The molecule has 3 nitrogen and oxygen atoms in total. The molecule has 2 rings (SSSR count). The first-order chi connectivity index (χ1) is 7.22. The summed E-state index contributed by atoms with van der Waals surface area (Å²) in [7, 11) is 1.56. The van der Waals surface area contributed by atoms with Crippen molar-refractivity contribution in [1.29, 1.82) is 0 Å². The Balaban J connectivity index is 2.19. The minimum Gasteiger partial charge on any atom is -0.503 e. The van der Waals surface area contributed by atoms with Crippen LogP contribution in [0.1, 0.15) is 12.8 Å². The molecule has 0 heterocycles. The van der Waals surface area contributed by atoms with Gasteiger partial charge in [0.25, 0.3) is 0 Å². The number of halogens is 1. The fourth-order valence-corrected chi connectivity index (χ4v) is 1.63. The van der Waals surface area contributed by atoms with Gasteiger partial charge < -0.3 is 14.6 Å². The Kier molecular flexibility index (Phi) is 3.05. The number of methoxy groups -OCH3 is 1. The van der Waals surface area contributed by atoms with E-state index in [9.17, 15) is 5.11 Å². The van der Waals surface area contributed by atoms with Crippen molar-refractivity contribution in [3.8, 4) is 17.2 Å². The average molecular weight is 273 g/mol. The number of benzene rings is 1. The van der Waals surface area contributed by atoms with Crippen molar-refractivity contribution in [1.82, 2.24) is 0 Å². The second-order valence-electron chi connectivity index (χ2n) is 3.68. The first-order valence-electron chi connectivity index (χ1n) is 4.90. The van der Waals surface area contributed by atoms with Crippen LogP contribution in [0.5, 0.6) is 17.2 Å². The number of phenolic OH excluding ortho intramolecular Hbond substituents is 1. The van der Waals surface area contributed by atoms with Gasteiger partial charge in [-0.3, -0.25) is 0 Å². The summed E-state index contributed by atoms with van der Waals surface area (Å²) in [5.74, 6) is 1.75. The van der Waals surface area contributed by atoms with Crippen LogP contribution in [0.4, 0.5) is 0 Å². The summed E-state index contributed by atoms with van der Waals surface area (Å²) < 4.78 is 11.3. The number of aromatic hydroxyl groups is 1. The van der Waals surface area contributed by atoms with Crippen LogP contribution < -0.4 is 9.47 Å². The summed E-state index contributed by atoms with van der Waals surface area (Å²) in [5.41, 5.74) is 0. The summed E-state index contributed by atoms with van der Waals surface area (Å²) in [6, 6.07) is 3.50. The van der Waals surface area contributed by atoms with Crippen molar-refractivity contribution in [2.24, 2.45) is 5.92 Å². The molecule has 1 saturated carbocycles. The molecule has 4 heteroatoms. The van der Waals surface area contributed by atoms with E-state index in [1.807, 2.05) is 0 Å². The molecule has 0 aromatic heterocycles. The van der Waals surface area contributed by atoms with Gasteiger partial charge in [0.2, 0.25) is 5.75 Å². The highest BCUT2D eigenvalue weighted by Gasteiger charge is 2.23. The van der Waals surface area contributed by atoms with Gasteiger partial charge in [0, 0.05) is 0 Å². The van der Waals surface area contributed by atoms with Gasteiger partial charge in [-0.25, -0.2) is 0 Å². The first-order valence-corrected chi connectivity index (χ1v) is 5.70. The molecule has 1 fully saturated rings. The molecule has 82 valence electrons. The molecule has 0 unspecified atom stereocenters. The van der Waals surface area contributed by atoms with Crippen LogP contribution in [0.3, 0.4) is 0 Å². The molecule has 0 bridgehead atoms. The van der Waals surface area contributed by atoms with E-state index in [4.69, 9.17) is 9.47 Å². The minimum absolute atomic E-state index is 0.106. The normalized spacial score (nSPS) is 15.1. The standard InChI is InChI=1S/C11H13BrO3/c1-14-9-5-4-8(12)10(13)11(9)15-6-7-2-3-7/h4-5,7,13H,2-3,6H2,1H3. The van der Waals surface area contributed by atoms with E-state index in [-0.39, 0.29) is 5.75 Å². The molecule has 15 heavy (non-hydrogen) atoms. The zero-order valence-corrected chi connectivity index (χ0v) is 10.1. The van der Waals surface area contributed by atoms with E-state index in [1.165, 1.54) is 12.8 Å². The van der Waals surface area contributed by atoms with Crippen LogP contribution in [-0.2, 0) is 0 Å². The van der Waals surface area contributed by atoms with E-state index in [2.05, 4.69) is 15.9 Å². The van der Waals surface area contributed by atoms with Gasteiger partial charge in [-0.1, -0.05) is 0 Å². The quantitative estimate of drug-likeness (QED) is 0.916. The number of ether oxygens (including phenoxy) is 2. The molecule has 0 spiro atoms. The lowest BCUT2D eigenvalue weighted by Crippen LogP contribution is -2.01. The van der Waals surface area contributed by atoms with Crippen molar-refractivity contribution < 1.29 is 14.6 Å². The Morgan fingerprint density at radius 1 is 1.47 bits per heavy atom. The zero-order valence-electron chi connectivity index (χ0n) is 8.50. The molecule has 0 aliphatic heterocycles. The predicted molar refractivity (Wildman–Crippen MR) is 60.6 cm³/mol. The Labute approximate surface area is 97.1 Å². The van der Waals surface area contributed by atoms with E-state index >= 15 is 0 Å². The van der Waals surface area contributed by atoms with E-state index in [1.54, 1.807) is 19.2 Å². The summed E-state index contributed by atoms with van der Waals surface area (Å²) in [5, 5.41) is 9.79. The lowest BCUT2D eigenvalue weighted by atomic mass is 10.3. The zero-order chi connectivity index (χ0) is 10.8. The van der Waals surface area contributed by atoms with Crippen LogP contribution in [0, 0.1) is 5.92 Å². The lowest BCUT2D eigenvalue weighted by molar-refractivity contribution is 0.266. The van der Waals surface area contributed by atoms with Crippen molar-refractivity contribution in [2.75, 3.05) is 13.7 Å². The van der Waals surface area contributed by atoms with Gasteiger partial charge in [-0.2, -0.15) is 0 Å². The molecule has 1 aromatic rings. The largest absolute Gasteiger partial charge is 0.503 e. The van der Waals surface area contributed by atoms with Crippen LogP contribution in [-0.4, -0.2) is 18.8 Å². The van der Waals surface area contributed by atoms with Gasteiger partial charge in [-0.15, -0.1) is 0 Å². The van der Waals surface area contributed by atoms with Gasteiger partial charge in [0.05, 0.1) is 18.2 Å². The third-order valence-electron chi connectivity index (χ3n) is 2.43. The summed E-state index contributed by atoms with van der Waals surface area (Å²) in [4.78, 5) is 0. The second-order valence-corrected chi connectivity index (χ2v) is 4.54. The Hall–Kier alpha value is -0.900. The summed E-state index contributed by atoms with van der Waals surface area (Å²) >= 11 is 3.25. The predicted octanol–water partition coefficient (Wildman–Crippen LogP) is 2.95. The van der Waals surface area contributed by atoms with Crippen LogP contribution in [0.15, 0.2) is 16.6 Å². The third-order valence-corrected chi connectivity index (χ3v) is 3.07. The first kappa shape index (κ1) is 10.6.